The molecule has 2 aromatic heterocycles. The molecule has 2 aromatic carbocycles. The van der Waals surface area contributed by atoms with Gasteiger partial charge in [-0.1, -0.05) is 94.2 Å². The summed E-state index contributed by atoms with van der Waals surface area (Å²) in [5, 5.41) is 22.7. The highest BCUT2D eigenvalue weighted by molar-refractivity contribution is 7.18. The van der Waals surface area contributed by atoms with Crippen LogP contribution in [0.2, 0.25) is 0 Å². The molecule has 0 amide bonds. The third-order valence-electron chi connectivity index (χ3n) is 8.40. The van der Waals surface area contributed by atoms with E-state index in [1.54, 1.807) is 22.7 Å². The van der Waals surface area contributed by atoms with E-state index in [1.807, 2.05) is 24.3 Å². The first-order chi connectivity index (χ1) is 20.7. The van der Waals surface area contributed by atoms with Crippen LogP contribution >= 0.6 is 22.7 Å². The fourth-order valence-corrected chi connectivity index (χ4v) is 7.49. The van der Waals surface area contributed by atoms with Crippen LogP contribution in [-0.4, -0.2) is 16.6 Å². The molecule has 0 spiro atoms. The Morgan fingerprint density at radius 1 is 0.651 bits per heavy atom. The number of thiophene rings is 2. The van der Waals surface area contributed by atoms with E-state index in [1.165, 1.54) is 11.1 Å². The summed E-state index contributed by atoms with van der Waals surface area (Å²) in [4.78, 5) is 3.77. The molecule has 2 heterocycles. The minimum Gasteiger partial charge on any atom is -0.410 e. The van der Waals surface area contributed by atoms with E-state index in [4.69, 9.17) is 16.9 Å². The molecule has 0 saturated heterocycles. The monoisotopic (exact) mass is 608 g/mol. The van der Waals surface area contributed by atoms with E-state index in [2.05, 4.69) is 81.4 Å². The summed E-state index contributed by atoms with van der Waals surface area (Å²) in [7, 11) is 0. The molecule has 0 aliphatic heterocycles. The number of nitrogens with zero attached hydrogens (tertiary/aromatic N) is 1. The topological polar surface area (TPSA) is 108 Å². The highest BCUT2D eigenvalue weighted by Crippen LogP contribution is 2.41. The van der Waals surface area contributed by atoms with Gasteiger partial charge in [0.1, 0.15) is 5.71 Å². The first kappa shape index (κ1) is 30.5. The van der Waals surface area contributed by atoms with Crippen molar-refractivity contribution in [2.75, 3.05) is 0 Å². The van der Waals surface area contributed by atoms with Crippen molar-refractivity contribution in [1.29, 1.82) is 5.41 Å². The maximum atomic E-state index is 10.1. The van der Waals surface area contributed by atoms with Crippen molar-refractivity contribution in [3.05, 3.63) is 105 Å². The Bertz CT molecular complexity index is 1700. The fraction of sp³-hybridized carbons (Fsp3) is 0.278. The van der Waals surface area contributed by atoms with Gasteiger partial charge in [-0.25, -0.2) is 0 Å². The van der Waals surface area contributed by atoms with Crippen LogP contribution in [0.25, 0.3) is 32.0 Å². The molecule has 5 nitrogen and oxygen atoms in total. The third-order valence-corrected chi connectivity index (χ3v) is 10.7. The molecule has 1 aliphatic carbocycles. The lowest BCUT2D eigenvalue weighted by molar-refractivity contribution is 0.321. The first-order valence-electron chi connectivity index (χ1n) is 14.9. The van der Waals surface area contributed by atoms with Gasteiger partial charge in [-0.2, -0.15) is 0 Å². The van der Waals surface area contributed by atoms with Gasteiger partial charge in [0.05, 0.1) is 17.1 Å². The van der Waals surface area contributed by atoms with Crippen LogP contribution < -0.4 is 11.5 Å². The number of nitrogens with two attached hydrogens (primary N) is 2. The molecule has 7 heteroatoms. The van der Waals surface area contributed by atoms with Crippen LogP contribution in [0.5, 0.6) is 0 Å². The Balaban J connectivity index is 1.44. The predicted molar refractivity (Wildman–Crippen MR) is 185 cm³/mol. The molecule has 1 aliphatic rings. The van der Waals surface area contributed by atoms with Crippen LogP contribution in [0.1, 0.15) is 61.4 Å². The molecule has 6 N–H and O–H groups in total. The quantitative estimate of drug-likeness (QED) is 0.0818. The molecule has 2 unspecified atom stereocenters. The summed E-state index contributed by atoms with van der Waals surface area (Å²) in [6, 6.07) is 25.4. The predicted octanol–water partition coefficient (Wildman–Crippen LogP) is 9.22. The molecule has 0 bridgehead atoms. The number of benzene rings is 2. The summed E-state index contributed by atoms with van der Waals surface area (Å²) < 4.78 is 0. The molecule has 4 aromatic rings. The second kappa shape index (κ2) is 13.1. The van der Waals surface area contributed by atoms with Gasteiger partial charge in [0, 0.05) is 30.7 Å². The van der Waals surface area contributed by atoms with Gasteiger partial charge in [0.25, 0.3) is 0 Å². The number of oxime groups is 1. The van der Waals surface area contributed by atoms with E-state index < -0.39 is 0 Å². The summed E-state index contributed by atoms with van der Waals surface area (Å²) in [5.41, 5.74) is 20.0. The van der Waals surface area contributed by atoms with Crippen molar-refractivity contribution in [1.82, 2.24) is 0 Å². The normalized spacial score (nSPS) is 16.3. The summed E-state index contributed by atoms with van der Waals surface area (Å²) >= 11 is 3.10. The maximum absolute atomic E-state index is 10.1. The molecular formula is C36H40N4OS2. The van der Waals surface area contributed by atoms with Gasteiger partial charge in [-0.3, -0.25) is 5.41 Å². The second-order valence-corrected chi connectivity index (χ2v) is 13.7. The van der Waals surface area contributed by atoms with Gasteiger partial charge >= 0.3 is 0 Å². The number of nitrogens with one attached hydrogen (secondary N) is 1. The lowest BCUT2D eigenvalue weighted by Crippen LogP contribution is -2.29. The summed E-state index contributed by atoms with van der Waals surface area (Å²) in [6.07, 6.45) is 4.46. The second-order valence-electron chi connectivity index (χ2n) is 11.6. The molecule has 0 fully saturated rings. The maximum Gasteiger partial charge on any atom is 0.139 e. The Labute approximate surface area is 262 Å². The fourth-order valence-electron chi connectivity index (χ4n) is 5.34. The molecule has 222 valence electrons. The number of rotatable bonds is 10. The van der Waals surface area contributed by atoms with Crippen molar-refractivity contribution in [3.63, 3.8) is 0 Å². The van der Waals surface area contributed by atoms with E-state index in [9.17, 15) is 5.21 Å². The van der Waals surface area contributed by atoms with Crippen molar-refractivity contribution < 1.29 is 5.21 Å². The van der Waals surface area contributed by atoms with Crippen molar-refractivity contribution in [3.8, 4) is 20.9 Å². The van der Waals surface area contributed by atoms with Crippen molar-refractivity contribution in [2.45, 2.75) is 53.4 Å². The van der Waals surface area contributed by atoms with Crippen molar-refractivity contribution >= 4 is 45.2 Å². The van der Waals surface area contributed by atoms with E-state index in [-0.39, 0.29) is 11.4 Å². The van der Waals surface area contributed by atoms with Crippen LogP contribution in [0.3, 0.4) is 0 Å². The Hall–Kier alpha value is -3.94. The molecule has 0 radical (unpaired) electrons. The Kier molecular flexibility index (Phi) is 9.33. The third kappa shape index (κ3) is 6.38. The zero-order valence-electron chi connectivity index (χ0n) is 25.3. The molecule has 5 rings (SSSR count). The minimum atomic E-state index is 0.0610. The zero-order valence-corrected chi connectivity index (χ0v) is 26.9. The van der Waals surface area contributed by atoms with Gasteiger partial charge in [0.2, 0.25) is 0 Å². The van der Waals surface area contributed by atoms with Crippen molar-refractivity contribution in [2.24, 2.45) is 28.5 Å². The lowest BCUT2D eigenvalue weighted by Gasteiger charge is -2.22. The Morgan fingerprint density at radius 3 is 1.47 bits per heavy atom. The first-order valence-corrected chi connectivity index (χ1v) is 16.6. The van der Waals surface area contributed by atoms with Gasteiger partial charge in [0.15, 0.2) is 0 Å². The standard InChI is InChI=1S/C36H40N4OS2/c1-5-21(3)19-23-7-11-25(12-8-23)27-15-17-29(42-27)31-33(37)34(38)32(36(40-41)35(31)39)30-18-16-28(43-30)26-13-9-24(10-14-26)20-22(4)6-2/h7-18,21-22,39,41H,5-6,19-20,37-38H2,1-4H3/b39-35?,40-36-. The largest absolute Gasteiger partial charge is 0.410 e. The van der Waals surface area contributed by atoms with Gasteiger partial charge in [-0.15, -0.1) is 22.7 Å². The highest BCUT2D eigenvalue weighted by Gasteiger charge is 2.32. The minimum absolute atomic E-state index is 0.0610. The molecule has 2 atom stereocenters. The smallest absolute Gasteiger partial charge is 0.139 e. The van der Waals surface area contributed by atoms with Gasteiger partial charge < -0.3 is 16.7 Å². The van der Waals surface area contributed by atoms with Crippen LogP contribution in [0.15, 0.2) is 89.3 Å². The van der Waals surface area contributed by atoms with E-state index in [0.717, 1.165) is 56.3 Å². The average molecular weight is 609 g/mol. The summed E-state index contributed by atoms with van der Waals surface area (Å²) in [5.74, 6) is 1.31. The summed E-state index contributed by atoms with van der Waals surface area (Å²) in [6.45, 7) is 8.99. The SMILES string of the molecule is CCC(C)Cc1ccc(-c2ccc(C3=C(N)C(N)=C(c4ccc(-c5ccc(CC(C)CC)cc5)s4)/C(=N/O)C3=N)s2)cc1. The molecule has 0 saturated carbocycles. The average Bonchev–Trinajstić information content (AvgIpc) is 3.70. The highest BCUT2D eigenvalue weighted by atomic mass is 32.1. The van der Waals surface area contributed by atoms with Crippen LogP contribution in [0, 0.1) is 17.2 Å². The Morgan fingerprint density at radius 2 is 1.05 bits per heavy atom. The van der Waals surface area contributed by atoms with E-state index >= 15 is 0 Å². The van der Waals surface area contributed by atoms with Gasteiger partial charge in [-0.05, 0) is 71.2 Å². The van der Waals surface area contributed by atoms with Crippen LogP contribution in [0.4, 0.5) is 0 Å². The molecule has 43 heavy (non-hydrogen) atoms. The van der Waals surface area contributed by atoms with E-state index in [0.29, 0.717) is 34.4 Å². The number of hydrogen-bond acceptors (Lipinski definition) is 7. The number of allylic oxidation sites excluding steroid dienone is 2. The number of hydrogen-bond donors (Lipinski definition) is 4. The zero-order chi connectivity index (χ0) is 30.7. The molecular weight excluding hydrogens is 569 g/mol. The lowest BCUT2D eigenvalue weighted by atomic mass is 9.88. The van der Waals surface area contributed by atoms with Crippen LogP contribution in [-0.2, 0) is 12.8 Å².